The van der Waals surface area contributed by atoms with Crippen LogP contribution in [0, 0.1) is 0 Å². The lowest BCUT2D eigenvalue weighted by Crippen LogP contribution is -2.02. The molecule has 0 aliphatic rings. The van der Waals surface area contributed by atoms with Gasteiger partial charge in [0, 0.05) is 15.6 Å². The van der Waals surface area contributed by atoms with E-state index in [9.17, 15) is 4.79 Å². The molecule has 2 aromatic rings. The van der Waals surface area contributed by atoms with Gasteiger partial charge in [0.2, 0.25) is 0 Å². The van der Waals surface area contributed by atoms with Gasteiger partial charge in [0.25, 0.3) is 0 Å². The van der Waals surface area contributed by atoms with Crippen molar-refractivity contribution in [1.29, 1.82) is 0 Å². The van der Waals surface area contributed by atoms with Crippen LogP contribution in [-0.4, -0.2) is 13.1 Å². The number of carbonyl (C=O) groups excluding carboxylic acids is 1. The van der Waals surface area contributed by atoms with Crippen LogP contribution in [0.1, 0.15) is 15.9 Å². The lowest BCUT2D eigenvalue weighted by molar-refractivity contribution is 0.0600. The molecule has 3 nitrogen and oxygen atoms in total. The summed E-state index contributed by atoms with van der Waals surface area (Å²) in [5, 5.41) is 1.12. The summed E-state index contributed by atoms with van der Waals surface area (Å²) in [6.07, 6.45) is 0. The fourth-order valence-electron chi connectivity index (χ4n) is 1.63. The van der Waals surface area contributed by atoms with Crippen LogP contribution in [-0.2, 0) is 11.3 Å². The van der Waals surface area contributed by atoms with Crippen molar-refractivity contribution in [2.75, 3.05) is 7.11 Å². The molecule has 20 heavy (non-hydrogen) atoms. The first-order valence-corrected chi connectivity index (χ1v) is 6.61. The lowest BCUT2D eigenvalue weighted by Gasteiger charge is -2.09. The summed E-state index contributed by atoms with van der Waals surface area (Å²) in [5.41, 5.74) is 1.26. The van der Waals surface area contributed by atoms with Gasteiger partial charge in [-0.15, -0.1) is 0 Å². The first-order chi connectivity index (χ1) is 9.60. The highest BCUT2D eigenvalue weighted by atomic mass is 35.5. The number of ether oxygens (including phenoxy) is 2. The van der Waals surface area contributed by atoms with Crippen LogP contribution in [0.2, 0.25) is 10.0 Å². The second-order valence-electron chi connectivity index (χ2n) is 4.04. The van der Waals surface area contributed by atoms with Crippen LogP contribution in [0.15, 0.2) is 42.5 Å². The highest BCUT2D eigenvalue weighted by Crippen LogP contribution is 2.23. The quantitative estimate of drug-likeness (QED) is 0.787. The summed E-state index contributed by atoms with van der Waals surface area (Å²) in [5.74, 6) is 0.166. The Kier molecular flexibility index (Phi) is 4.88. The van der Waals surface area contributed by atoms with Gasteiger partial charge in [-0.2, -0.15) is 0 Å². The second-order valence-corrected chi connectivity index (χ2v) is 4.89. The van der Waals surface area contributed by atoms with E-state index >= 15 is 0 Å². The maximum atomic E-state index is 11.4. The summed E-state index contributed by atoms with van der Waals surface area (Å²) in [6, 6.07) is 12.0. The average Bonchev–Trinajstić information content (AvgIpc) is 2.46. The van der Waals surface area contributed by atoms with E-state index in [0.717, 1.165) is 5.56 Å². The van der Waals surface area contributed by atoms with Gasteiger partial charge in [0.15, 0.2) is 0 Å². The molecule has 0 atom stereocenters. The molecular weight excluding hydrogens is 299 g/mol. The van der Waals surface area contributed by atoms with Gasteiger partial charge in [0.05, 0.1) is 12.7 Å². The third-order valence-electron chi connectivity index (χ3n) is 2.66. The molecule has 0 radical (unpaired) electrons. The predicted octanol–water partition coefficient (Wildman–Crippen LogP) is 4.36. The van der Waals surface area contributed by atoms with Crippen LogP contribution in [0.3, 0.4) is 0 Å². The Hall–Kier alpha value is -1.71. The Bertz CT molecular complexity index is 626. The molecule has 0 heterocycles. The van der Waals surface area contributed by atoms with Gasteiger partial charge in [-0.1, -0.05) is 35.3 Å². The Labute approximate surface area is 127 Å². The zero-order valence-electron chi connectivity index (χ0n) is 10.7. The monoisotopic (exact) mass is 310 g/mol. The summed E-state index contributed by atoms with van der Waals surface area (Å²) in [7, 11) is 1.34. The standard InChI is InChI=1S/C15H12Cl2O3/c1-19-15(18)10-3-2-4-13(7-10)20-9-11-5-6-12(16)8-14(11)17/h2-8H,9H2,1H3. The van der Waals surface area contributed by atoms with Crippen LogP contribution in [0.5, 0.6) is 5.75 Å². The summed E-state index contributed by atoms with van der Waals surface area (Å²) in [6.45, 7) is 0.292. The molecular formula is C15H12Cl2O3. The van der Waals surface area contributed by atoms with E-state index in [1.165, 1.54) is 7.11 Å². The molecule has 5 heteroatoms. The van der Waals surface area contributed by atoms with Gasteiger partial charge in [0.1, 0.15) is 12.4 Å². The van der Waals surface area contributed by atoms with Gasteiger partial charge >= 0.3 is 5.97 Å². The number of esters is 1. The van der Waals surface area contributed by atoms with Crippen molar-refractivity contribution in [3.8, 4) is 5.75 Å². The van der Waals surface area contributed by atoms with E-state index < -0.39 is 5.97 Å². The van der Waals surface area contributed by atoms with Crippen molar-refractivity contribution in [3.05, 3.63) is 63.6 Å². The molecule has 104 valence electrons. The Morgan fingerprint density at radius 1 is 1.15 bits per heavy atom. The van der Waals surface area contributed by atoms with Crippen molar-refractivity contribution in [2.24, 2.45) is 0 Å². The fraction of sp³-hybridized carbons (Fsp3) is 0.133. The van der Waals surface area contributed by atoms with E-state index in [0.29, 0.717) is 28.0 Å². The van der Waals surface area contributed by atoms with E-state index in [1.807, 2.05) is 0 Å². The zero-order chi connectivity index (χ0) is 14.5. The number of rotatable bonds is 4. The molecule has 0 fully saturated rings. The highest BCUT2D eigenvalue weighted by Gasteiger charge is 2.07. The fourth-order valence-corrected chi connectivity index (χ4v) is 2.09. The minimum Gasteiger partial charge on any atom is -0.489 e. The third-order valence-corrected chi connectivity index (χ3v) is 3.25. The van der Waals surface area contributed by atoms with E-state index in [4.69, 9.17) is 27.9 Å². The topological polar surface area (TPSA) is 35.5 Å². The number of hydrogen-bond donors (Lipinski definition) is 0. The number of benzene rings is 2. The minimum atomic E-state index is -0.403. The molecule has 0 unspecified atom stereocenters. The number of halogens is 2. The minimum absolute atomic E-state index is 0.292. The van der Waals surface area contributed by atoms with Gasteiger partial charge < -0.3 is 9.47 Å². The van der Waals surface area contributed by atoms with Crippen molar-refractivity contribution >= 4 is 29.2 Å². The highest BCUT2D eigenvalue weighted by molar-refractivity contribution is 6.35. The van der Waals surface area contributed by atoms with Crippen LogP contribution in [0.4, 0.5) is 0 Å². The van der Waals surface area contributed by atoms with Gasteiger partial charge in [-0.25, -0.2) is 4.79 Å². The molecule has 0 bridgehead atoms. The summed E-state index contributed by atoms with van der Waals surface area (Å²) >= 11 is 11.9. The van der Waals surface area contributed by atoms with Crippen LogP contribution in [0.25, 0.3) is 0 Å². The smallest absolute Gasteiger partial charge is 0.337 e. The first kappa shape index (κ1) is 14.7. The lowest BCUT2D eigenvalue weighted by atomic mass is 10.2. The van der Waals surface area contributed by atoms with Crippen LogP contribution >= 0.6 is 23.2 Å². The summed E-state index contributed by atoms with van der Waals surface area (Å²) < 4.78 is 10.3. The summed E-state index contributed by atoms with van der Waals surface area (Å²) in [4.78, 5) is 11.4. The molecule has 0 aliphatic heterocycles. The van der Waals surface area contributed by atoms with Crippen molar-refractivity contribution in [3.63, 3.8) is 0 Å². The molecule has 0 spiro atoms. The molecule has 2 aromatic carbocycles. The van der Waals surface area contributed by atoms with Crippen molar-refractivity contribution < 1.29 is 14.3 Å². The normalized spacial score (nSPS) is 10.2. The molecule has 0 amide bonds. The third kappa shape index (κ3) is 3.65. The SMILES string of the molecule is COC(=O)c1cccc(OCc2ccc(Cl)cc2Cl)c1. The predicted molar refractivity (Wildman–Crippen MR) is 78.6 cm³/mol. The van der Waals surface area contributed by atoms with Crippen molar-refractivity contribution in [2.45, 2.75) is 6.61 Å². The Morgan fingerprint density at radius 3 is 2.65 bits per heavy atom. The first-order valence-electron chi connectivity index (χ1n) is 5.85. The number of hydrogen-bond acceptors (Lipinski definition) is 3. The molecule has 2 rings (SSSR count). The zero-order valence-corrected chi connectivity index (χ0v) is 12.2. The van der Waals surface area contributed by atoms with Crippen molar-refractivity contribution in [1.82, 2.24) is 0 Å². The van der Waals surface area contributed by atoms with Crippen LogP contribution < -0.4 is 4.74 Å². The van der Waals surface area contributed by atoms with Gasteiger partial charge in [-0.05, 0) is 30.3 Å². The molecule has 0 saturated carbocycles. The second kappa shape index (κ2) is 6.64. The average molecular weight is 311 g/mol. The number of carbonyl (C=O) groups is 1. The number of methoxy groups -OCH3 is 1. The van der Waals surface area contributed by atoms with E-state index in [2.05, 4.69) is 4.74 Å². The Balaban J connectivity index is 2.09. The maximum absolute atomic E-state index is 11.4. The molecule has 0 saturated heterocycles. The Morgan fingerprint density at radius 2 is 1.95 bits per heavy atom. The van der Waals surface area contributed by atoms with E-state index in [1.54, 1.807) is 42.5 Å². The largest absolute Gasteiger partial charge is 0.489 e. The molecule has 0 aliphatic carbocycles. The molecule has 0 N–H and O–H groups in total. The maximum Gasteiger partial charge on any atom is 0.337 e. The van der Waals surface area contributed by atoms with E-state index in [-0.39, 0.29) is 0 Å². The van der Waals surface area contributed by atoms with Gasteiger partial charge in [-0.3, -0.25) is 0 Å². The molecule has 0 aromatic heterocycles.